The van der Waals surface area contributed by atoms with E-state index in [0.717, 1.165) is 18.5 Å². The van der Waals surface area contributed by atoms with Crippen LogP contribution in [0, 0.1) is 0 Å². The van der Waals surface area contributed by atoms with E-state index in [1.54, 1.807) is 0 Å². The third-order valence-electron chi connectivity index (χ3n) is 13.1. The van der Waals surface area contributed by atoms with Crippen LogP contribution in [0.25, 0.3) is 61.0 Å². The number of aryl methyl sites for hydroxylation is 1. The van der Waals surface area contributed by atoms with Crippen molar-refractivity contribution in [3.05, 3.63) is 289 Å². The van der Waals surface area contributed by atoms with Crippen LogP contribution in [0.2, 0.25) is 0 Å². The average molecular weight is 831 g/mol. The summed E-state index contributed by atoms with van der Waals surface area (Å²) in [5.41, 5.74) is 19.9. The van der Waals surface area contributed by atoms with Gasteiger partial charge in [0.05, 0.1) is 6.08 Å². The van der Waals surface area contributed by atoms with Gasteiger partial charge in [0, 0.05) is 29.2 Å². The Kier molecular flexibility index (Phi) is 10.9. The van der Waals surface area contributed by atoms with Gasteiger partial charge in [0.15, 0.2) is 0 Å². The molecular formula is C64H48N+. The molecule has 65 heavy (non-hydrogen) atoms. The first kappa shape index (κ1) is 39.7. The summed E-state index contributed by atoms with van der Waals surface area (Å²) in [7, 11) is 0. The van der Waals surface area contributed by atoms with E-state index in [2.05, 4.69) is 265 Å². The zero-order valence-corrected chi connectivity index (χ0v) is 36.3. The Morgan fingerprint density at radius 2 is 0.738 bits per heavy atom. The van der Waals surface area contributed by atoms with Gasteiger partial charge in [-0.1, -0.05) is 218 Å². The summed E-state index contributed by atoms with van der Waals surface area (Å²) in [6, 6.07) is 92.9. The van der Waals surface area contributed by atoms with Crippen molar-refractivity contribution in [1.82, 2.24) is 0 Å². The van der Waals surface area contributed by atoms with Crippen molar-refractivity contribution in [3.8, 4) is 44.5 Å². The molecule has 0 aliphatic carbocycles. The number of rotatable bonds is 12. The van der Waals surface area contributed by atoms with Gasteiger partial charge in [-0.2, -0.15) is 4.58 Å². The molecule has 0 fully saturated rings. The first-order valence-electron chi connectivity index (χ1n) is 22.7. The Morgan fingerprint density at radius 3 is 1.29 bits per heavy atom. The Balaban J connectivity index is 0.814. The molecule has 10 aromatic rings. The van der Waals surface area contributed by atoms with E-state index in [-0.39, 0.29) is 5.92 Å². The highest BCUT2D eigenvalue weighted by atomic mass is 15.1. The van der Waals surface area contributed by atoms with Crippen molar-refractivity contribution in [2.45, 2.75) is 18.8 Å². The van der Waals surface area contributed by atoms with Gasteiger partial charge < -0.3 is 0 Å². The second kappa shape index (κ2) is 17.9. The zero-order valence-electron chi connectivity index (χ0n) is 36.3. The molecule has 0 bridgehead atoms. The number of fused-ring (bicyclic) bond motifs is 1. The fourth-order valence-electron chi connectivity index (χ4n) is 9.52. The quantitative estimate of drug-likeness (QED) is 0.108. The first-order valence-corrected chi connectivity index (χ1v) is 22.7. The minimum absolute atomic E-state index is 0.255. The monoisotopic (exact) mass is 830 g/mol. The third kappa shape index (κ3) is 8.29. The van der Waals surface area contributed by atoms with E-state index in [4.69, 9.17) is 0 Å². The number of para-hydroxylation sites is 1. The van der Waals surface area contributed by atoms with E-state index in [0.29, 0.717) is 0 Å². The normalized spacial score (nSPS) is 12.7. The molecule has 0 N–H and O–H groups in total. The van der Waals surface area contributed by atoms with Crippen molar-refractivity contribution in [2.75, 3.05) is 0 Å². The van der Waals surface area contributed by atoms with Crippen molar-refractivity contribution >= 4 is 27.9 Å². The van der Waals surface area contributed by atoms with E-state index in [1.165, 1.54) is 94.5 Å². The molecule has 11 rings (SSSR count). The lowest BCUT2D eigenvalue weighted by Gasteiger charge is -2.21. The molecule has 0 aromatic heterocycles. The van der Waals surface area contributed by atoms with Gasteiger partial charge in [-0.15, -0.1) is 0 Å². The lowest BCUT2D eigenvalue weighted by Crippen LogP contribution is -2.24. The topological polar surface area (TPSA) is 3.01 Å². The Hall–Kier alpha value is -8.13. The Labute approximate surface area is 382 Å². The molecule has 308 valence electrons. The maximum atomic E-state index is 2.38. The van der Waals surface area contributed by atoms with Gasteiger partial charge in [-0.3, -0.25) is 0 Å². The van der Waals surface area contributed by atoms with Gasteiger partial charge in [0.2, 0.25) is 17.1 Å². The molecule has 1 aliphatic rings. The number of hydrogen-bond acceptors (Lipinski definition) is 0. The second-order valence-corrected chi connectivity index (χ2v) is 17.0. The van der Waals surface area contributed by atoms with Gasteiger partial charge in [0.1, 0.15) is 0 Å². The SMILES string of the molecule is C1=C(c2ccc(-c3ccccc3)cc2)[N+](c2ccccc2)=C1c1ccc(-c2ccc(CCC(c3ccc(-c4ccc(-c5ccccc5)cc4)cc3)c3cccc4ccccc34)cc2)cc1. The predicted octanol–water partition coefficient (Wildman–Crippen LogP) is 16.5. The van der Waals surface area contributed by atoms with Crippen molar-refractivity contribution in [1.29, 1.82) is 0 Å². The van der Waals surface area contributed by atoms with Crippen LogP contribution in [-0.4, -0.2) is 10.3 Å². The Morgan fingerprint density at radius 1 is 0.323 bits per heavy atom. The van der Waals surface area contributed by atoms with Crippen molar-refractivity contribution in [3.63, 3.8) is 0 Å². The molecule has 1 nitrogen and oxygen atoms in total. The summed E-state index contributed by atoms with van der Waals surface area (Å²) in [4.78, 5) is 0. The minimum atomic E-state index is 0.255. The summed E-state index contributed by atoms with van der Waals surface area (Å²) >= 11 is 0. The van der Waals surface area contributed by atoms with Gasteiger partial charge in [0.25, 0.3) is 0 Å². The average Bonchev–Trinajstić information content (AvgIpc) is 3.38. The summed E-state index contributed by atoms with van der Waals surface area (Å²) < 4.78 is 2.38. The van der Waals surface area contributed by atoms with Gasteiger partial charge in [-0.25, -0.2) is 0 Å². The molecule has 1 heterocycles. The molecule has 1 unspecified atom stereocenters. The fourth-order valence-corrected chi connectivity index (χ4v) is 9.52. The molecule has 0 saturated carbocycles. The molecule has 10 aromatic carbocycles. The highest BCUT2D eigenvalue weighted by Gasteiger charge is 2.34. The Bertz CT molecular complexity index is 3270. The number of allylic oxidation sites excluding steroid dienone is 1. The van der Waals surface area contributed by atoms with Crippen LogP contribution in [-0.2, 0) is 6.42 Å². The van der Waals surface area contributed by atoms with E-state index in [9.17, 15) is 0 Å². The molecule has 0 amide bonds. The molecule has 1 atom stereocenters. The fraction of sp³-hybridized carbons (Fsp3) is 0.0469. The molecule has 1 aliphatic heterocycles. The first-order chi connectivity index (χ1) is 32.2. The zero-order chi connectivity index (χ0) is 43.4. The minimum Gasteiger partial charge on any atom is -0.152 e. The summed E-state index contributed by atoms with van der Waals surface area (Å²) in [5.74, 6) is 0.255. The van der Waals surface area contributed by atoms with Crippen LogP contribution in [0.3, 0.4) is 0 Å². The lowest BCUT2D eigenvalue weighted by atomic mass is 9.83. The van der Waals surface area contributed by atoms with Crippen LogP contribution in [0.4, 0.5) is 5.69 Å². The van der Waals surface area contributed by atoms with Crippen LogP contribution in [0.5, 0.6) is 0 Å². The number of nitrogens with zero attached hydrogens (tertiary/aromatic N) is 1. The molecule has 0 radical (unpaired) electrons. The molecular weight excluding hydrogens is 783 g/mol. The largest absolute Gasteiger partial charge is 0.225 e. The number of benzene rings is 10. The molecule has 0 spiro atoms. The summed E-state index contributed by atoms with van der Waals surface area (Å²) in [6.07, 6.45) is 4.31. The summed E-state index contributed by atoms with van der Waals surface area (Å²) in [5, 5.41) is 2.62. The highest BCUT2D eigenvalue weighted by Crippen LogP contribution is 2.37. The van der Waals surface area contributed by atoms with Gasteiger partial charge in [-0.05, 0) is 109 Å². The van der Waals surface area contributed by atoms with Crippen LogP contribution < -0.4 is 0 Å². The van der Waals surface area contributed by atoms with Crippen LogP contribution >= 0.6 is 0 Å². The molecule has 1 heteroatoms. The van der Waals surface area contributed by atoms with Crippen LogP contribution in [0.15, 0.2) is 261 Å². The van der Waals surface area contributed by atoms with E-state index < -0.39 is 0 Å². The van der Waals surface area contributed by atoms with Crippen molar-refractivity contribution < 1.29 is 4.58 Å². The standard InChI is InChI=1S/C64H48N/c1-4-13-47(14-5-1)50-28-30-52(31-29-50)53-32-38-56(39-33-53)61(62-22-12-18-55-17-10-11-21-60(55)62)44-25-46-23-26-49(27-24-46)54-36-42-58(43-37-54)64-45-63(65(64)59-19-8-3-9-20-59)57-40-34-51(35-41-57)48-15-6-2-7-16-48/h1-24,26-43,45,61H,25,44H2/q+1. The maximum Gasteiger partial charge on any atom is 0.225 e. The highest BCUT2D eigenvalue weighted by molar-refractivity contribution is 6.14. The number of hydrogen-bond donors (Lipinski definition) is 0. The second-order valence-electron chi connectivity index (χ2n) is 17.0. The smallest absolute Gasteiger partial charge is 0.152 e. The summed E-state index contributed by atoms with van der Waals surface area (Å²) in [6.45, 7) is 0. The van der Waals surface area contributed by atoms with Crippen LogP contribution in [0.1, 0.15) is 40.2 Å². The maximum absolute atomic E-state index is 2.38. The third-order valence-corrected chi connectivity index (χ3v) is 13.1. The van der Waals surface area contributed by atoms with E-state index in [1.807, 2.05) is 0 Å². The van der Waals surface area contributed by atoms with Gasteiger partial charge >= 0.3 is 0 Å². The van der Waals surface area contributed by atoms with E-state index >= 15 is 0 Å². The van der Waals surface area contributed by atoms with Crippen molar-refractivity contribution in [2.24, 2.45) is 0 Å². The molecule has 0 saturated heterocycles. The lowest BCUT2D eigenvalue weighted by molar-refractivity contribution is -0.341. The predicted molar refractivity (Wildman–Crippen MR) is 274 cm³/mol.